The van der Waals surface area contributed by atoms with Gasteiger partial charge in [-0.05, 0) is 17.5 Å². The lowest BCUT2D eigenvalue weighted by molar-refractivity contribution is 0.234. The first-order valence-corrected chi connectivity index (χ1v) is 4.67. The Morgan fingerprint density at radius 1 is 1.00 bits per heavy atom. The summed E-state index contributed by atoms with van der Waals surface area (Å²) in [6.07, 6.45) is 0.881. The van der Waals surface area contributed by atoms with Crippen molar-refractivity contribution in [1.82, 2.24) is 0 Å². The van der Waals surface area contributed by atoms with Crippen molar-refractivity contribution in [3.63, 3.8) is 0 Å². The Kier molecular flexibility index (Phi) is 2.34. The van der Waals surface area contributed by atoms with Gasteiger partial charge in [0, 0.05) is 25.0 Å². The summed E-state index contributed by atoms with van der Waals surface area (Å²) >= 11 is 0. The van der Waals surface area contributed by atoms with Crippen molar-refractivity contribution in [2.24, 2.45) is 0 Å². The second-order valence-electron chi connectivity index (χ2n) is 3.62. The quantitative estimate of drug-likeness (QED) is 0.715. The van der Waals surface area contributed by atoms with Crippen LogP contribution in [0.15, 0.2) is 24.3 Å². The van der Waals surface area contributed by atoms with Crippen LogP contribution in [0.3, 0.4) is 0 Å². The van der Waals surface area contributed by atoms with E-state index in [1.165, 1.54) is 11.1 Å². The zero-order valence-electron chi connectivity index (χ0n) is 7.48. The molecule has 0 bridgehead atoms. The highest BCUT2D eigenvalue weighted by molar-refractivity contribution is 5.38. The third kappa shape index (κ3) is 1.36. The highest BCUT2D eigenvalue weighted by Crippen LogP contribution is 2.40. The van der Waals surface area contributed by atoms with Crippen molar-refractivity contribution >= 4 is 0 Å². The van der Waals surface area contributed by atoms with E-state index >= 15 is 0 Å². The van der Waals surface area contributed by atoms with Crippen LogP contribution in [0.2, 0.25) is 0 Å². The third-order valence-electron chi connectivity index (χ3n) is 2.89. The number of hydrogen-bond acceptors (Lipinski definition) is 2. The molecule has 1 aliphatic rings. The number of hydrogen-bond donors (Lipinski definition) is 2. The van der Waals surface area contributed by atoms with Crippen molar-refractivity contribution in [1.29, 1.82) is 0 Å². The van der Waals surface area contributed by atoms with Crippen LogP contribution in [0.1, 0.15) is 29.4 Å². The molecular weight excluding hydrogens is 164 g/mol. The maximum absolute atomic E-state index is 9.14. The lowest BCUT2D eigenvalue weighted by Gasteiger charge is -2.05. The summed E-state index contributed by atoms with van der Waals surface area (Å²) in [6.45, 7) is 0.376. The summed E-state index contributed by atoms with van der Waals surface area (Å²) in [7, 11) is 0. The molecule has 0 radical (unpaired) electrons. The van der Waals surface area contributed by atoms with Crippen molar-refractivity contribution in [3.05, 3.63) is 35.4 Å². The second kappa shape index (κ2) is 3.48. The van der Waals surface area contributed by atoms with E-state index in [1.807, 2.05) is 24.3 Å². The highest BCUT2D eigenvalue weighted by atomic mass is 16.3. The molecule has 0 aliphatic heterocycles. The molecule has 2 unspecified atom stereocenters. The Hall–Kier alpha value is -0.860. The first kappa shape index (κ1) is 8.73. The van der Waals surface area contributed by atoms with Gasteiger partial charge in [-0.2, -0.15) is 0 Å². The smallest absolute Gasteiger partial charge is 0.0500 e. The van der Waals surface area contributed by atoms with Crippen LogP contribution in [0.5, 0.6) is 0 Å². The Balaban J connectivity index is 2.38. The summed E-state index contributed by atoms with van der Waals surface area (Å²) in [4.78, 5) is 0. The van der Waals surface area contributed by atoms with Crippen molar-refractivity contribution in [2.45, 2.75) is 18.3 Å². The molecule has 1 aromatic carbocycles. The molecule has 2 N–H and O–H groups in total. The summed E-state index contributed by atoms with van der Waals surface area (Å²) in [5, 5.41) is 18.3. The van der Waals surface area contributed by atoms with E-state index in [1.54, 1.807) is 0 Å². The molecule has 2 rings (SSSR count). The second-order valence-corrected chi connectivity index (χ2v) is 3.62. The lowest BCUT2D eigenvalue weighted by Crippen LogP contribution is -2.01. The Labute approximate surface area is 77.8 Å². The van der Waals surface area contributed by atoms with Gasteiger partial charge in [0.05, 0.1) is 0 Å². The predicted molar refractivity (Wildman–Crippen MR) is 50.7 cm³/mol. The SMILES string of the molecule is OCC1CC(CO)c2ccccc21. The van der Waals surface area contributed by atoms with Crippen LogP contribution in [0.25, 0.3) is 0 Å². The molecule has 0 saturated heterocycles. The molecule has 0 amide bonds. The molecule has 2 heteroatoms. The summed E-state index contributed by atoms with van der Waals surface area (Å²) < 4.78 is 0. The first-order chi connectivity index (χ1) is 6.36. The van der Waals surface area contributed by atoms with E-state index < -0.39 is 0 Å². The molecule has 0 saturated carbocycles. The lowest BCUT2D eigenvalue weighted by atomic mass is 10.0. The Bertz CT molecular complexity index is 267. The van der Waals surface area contributed by atoms with Gasteiger partial charge in [-0.3, -0.25) is 0 Å². The van der Waals surface area contributed by atoms with Gasteiger partial charge in [0.25, 0.3) is 0 Å². The van der Waals surface area contributed by atoms with Gasteiger partial charge in [-0.15, -0.1) is 0 Å². The molecule has 0 fully saturated rings. The summed E-state index contributed by atoms with van der Waals surface area (Å²) in [6, 6.07) is 8.07. The Morgan fingerprint density at radius 2 is 1.46 bits per heavy atom. The molecule has 2 atom stereocenters. The third-order valence-corrected chi connectivity index (χ3v) is 2.89. The van der Waals surface area contributed by atoms with Crippen LogP contribution < -0.4 is 0 Å². The van der Waals surface area contributed by atoms with Crippen LogP contribution in [-0.2, 0) is 0 Å². The maximum Gasteiger partial charge on any atom is 0.0500 e. The van der Waals surface area contributed by atoms with Gasteiger partial charge < -0.3 is 10.2 Å². The van der Waals surface area contributed by atoms with Crippen LogP contribution in [0, 0.1) is 0 Å². The zero-order valence-corrected chi connectivity index (χ0v) is 7.48. The molecular formula is C11H14O2. The van der Waals surface area contributed by atoms with Gasteiger partial charge in [-0.25, -0.2) is 0 Å². The fourth-order valence-corrected chi connectivity index (χ4v) is 2.20. The van der Waals surface area contributed by atoms with Crippen LogP contribution in [-0.4, -0.2) is 23.4 Å². The van der Waals surface area contributed by atoms with Crippen molar-refractivity contribution in [2.75, 3.05) is 13.2 Å². The van der Waals surface area contributed by atoms with E-state index in [0.717, 1.165) is 6.42 Å². The average Bonchev–Trinajstić information content (AvgIpc) is 2.56. The van der Waals surface area contributed by atoms with Gasteiger partial charge in [0.1, 0.15) is 0 Å². The minimum atomic E-state index is 0.188. The molecule has 1 aliphatic carbocycles. The number of fused-ring (bicyclic) bond motifs is 1. The normalized spacial score (nSPS) is 26.0. The molecule has 0 heterocycles. The van der Waals surface area contributed by atoms with Gasteiger partial charge in [0.15, 0.2) is 0 Å². The fraction of sp³-hybridized carbons (Fsp3) is 0.455. The molecule has 0 aromatic heterocycles. The molecule has 0 spiro atoms. The largest absolute Gasteiger partial charge is 0.396 e. The van der Waals surface area contributed by atoms with E-state index in [2.05, 4.69) is 0 Å². The average molecular weight is 178 g/mol. The molecule has 1 aromatic rings. The van der Waals surface area contributed by atoms with Gasteiger partial charge in [-0.1, -0.05) is 24.3 Å². The summed E-state index contributed by atoms with van der Waals surface area (Å²) in [5.41, 5.74) is 2.42. The number of benzene rings is 1. The first-order valence-electron chi connectivity index (χ1n) is 4.67. The van der Waals surface area contributed by atoms with E-state index in [4.69, 9.17) is 10.2 Å². The number of aliphatic hydroxyl groups is 2. The topological polar surface area (TPSA) is 40.5 Å². The molecule has 13 heavy (non-hydrogen) atoms. The molecule has 2 nitrogen and oxygen atoms in total. The van der Waals surface area contributed by atoms with Gasteiger partial charge in [0.2, 0.25) is 0 Å². The van der Waals surface area contributed by atoms with E-state index in [9.17, 15) is 0 Å². The van der Waals surface area contributed by atoms with Crippen LogP contribution >= 0.6 is 0 Å². The number of aliphatic hydroxyl groups excluding tert-OH is 2. The fourth-order valence-electron chi connectivity index (χ4n) is 2.20. The monoisotopic (exact) mass is 178 g/mol. The zero-order chi connectivity index (χ0) is 9.26. The maximum atomic E-state index is 9.14. The van der Waals surface area contributed by atoms with Crippen molar-refractivity contribution in [3.8, 4) is 0 Å². The highest BCUT2D eigenvalue weighted by Gasteiger charge is 2.29. The van der Waals surface area contributed by atoms with E-state index in [0.29, 0.717) is 0 Å². The standard InChI is InChI=1S/C11H14O2/c12-6-8-5-9(7-13)11-4-2-1-3-10(8)11/h1-4,8-9,12-13H,5-7H2. The predicted octanol–water partition coefficient (Wildman–Crippen LogP) is 1.24. The minimum absolute atomic E-state index is 0.188. The van der Waals surface area contributed by atoms with Crippen molar-refractivity contribution < 1.29 is 10.2 Å². The van der Waals surface area contributed by atoms with Crippen LogP contribution in [0.4, 0.5) is 0 Å². The number of rotatable bonds is 2. The summed E-state index contributed by atoms with van der Waals surface area (Å²) in [5.74, 6) is 0.460. The minimum Gasteiger partial charge on any atom is -0.396 e. The van der Waals surface area contributed by atoms with E-state index in [-0.39, 0.29) is 25.0 Å². The Morgan fingerprint density at radius 3 is 1.85 bits per heavy atom. The van der Waals surface area contributed by atoms with Gasteiger partial charge >= 0.3 is 0 Å². The molecule has 70 valence electrons.